The Bertz CT molecular complexity index is 571. The van der Waals surface area contributed by atoms with E-state index < -0.39 is 0 Å². The number of hydrogen-bond acceptors (Lipinski definition) is 5. The van der Waals surface area contributed by atoms with Crippen LogP contribution < -0.4 is 9.47 Å². The zero-order valence-corrected chi connectivity index (χ0v) is 15.8. The van der Waals surface area contributed by atoms with E-state index in [2.05, 4.69) is 13.8 Å². The lowest BCUT2D eigenvalue weighted by molar-refractivity contribution is -0.143. The monoisotopic (exact) mass is 351 g/mol. The highest BCUT2D eigenvalue weighted by Gasteiger charge is 2.19. The Morgan fingerprint density at radius 2 is 1.76 bits per heavy atom. The highest BCUT2D eigenvalue weighted by atomic mass is 16.5. The molecule has 0 aliphatic heterocycles. The molecule has 1 aromatic carbocycles. The van der Waals surface area contributed by atoms with Crippen LogP contribution in [0.2, 0.25) is 0 Å². The van der Waals surface area contributed by atoms with Crippen molar-refractivity contribution in [3.8, 4) is 11.5 Å². The Morgan fingerprint density at radius 1 is 1.08 bits per heavy atom. The Morgan fingerprint density at radius 3 is 2.32 bits per heavy atom. The van der Waals surface area contributed by atoms with Crippen LogP contribution in [0.25, 0.3) is 0 Å². The highest BCUT2D eigenvalue weighted by Crippen LogP contribution is 2.28. The average Bonchev–Trinajstić information content (AvgIpc) is 2.60. The molecule has 6 heteroatoms. The van der Waals surface area contributed by atoms with Gasteiger partial charge < -0.3 is 19.1 Å². The molecule has 0 heterocycles. The van der Waals surface area contributed by atoms with Crippen LogP contribution in [-0.2, 0) is 9.53 Å². The quantitative estimate of drug-likeness (QED) is 0.606. The van der Waals surface area contributed by atoms with Crippen LogP contribution in [0.5, 0.6) is 11.5 Å². The lowest BCUT2D eigenvalue weighted by Crippen LogP contribution is -2.34. The number of amides is 1. The van der Waals surface area contributed by atoms with Gasteiger partial charge in [-0.2, -0.15) is 0 Å². The summed E-state index contributed by atoms with van der Waals surface area (Å²) in [5.74, 6) is 1.10. The lowest BCUT2D eigenvalue weighted by atomic mass is 10.1. The number of nitrogens with zero attached hydrogens (tertiary/aromatic N) is 1. The molecule has 0 aliphatic rings. The fraction of sp³-hybridized carbons (Fsp3) is 0.579. The van der Waals surface area contributed by atoms with Gasteiger partial charge >= 0.3 is 5.97 Å². The highest BCUT2D eigenvalue weighted by molar-refractivity contribution is 5.95. The number of rotatable bonds is 10. The molecule has 0 radical (unpaired) electrons. The molecule has 1 aromatic rings. The van der Waals surface area contributed by atoms with Crippen molar-refractivity contribution in [2.45, 2.75) is 33.6 Å². The molecule has 0 saturated heterocycles. The second-order valence-corrected chi connectivity index (χ2v) is 6.10. The lowest BCUT2D eigenvalue weighted by Gasteiger charge is -2.24. The third kappa shape index (κ3) is 6.64. The molecule has 0 spiro atoms. The molecule has 1 amide bonds. The van der Waals surface area contributed by atoms with Gasteiger partial charge in [0.25, 0.3) is 5.91 Å². The van der Waals surface area contributed by atoms with Crippen LogP contribution in [0.3, 0.4) is 0 Å². The standard InChI is InChI=1S/C19H29NO5/c1-6-25-18(21)10-12-20(11-9-14(2)3)19(22)15-7-8-16(23-4)17(13-15)24-5/h7-8,13-14H,6,9-12H2,1-5H3. The number of hydrogen-bond donors (Lipinski definition) is 0. The van der Waals surface area contributed by atoms with Gasteiger partial charge in [0.05, 0.1) is 27.2 Å². The summed E-state index contributed by atoms with van der Waals surface area (Å²) in [6.07, 6.45) is 1.05. The zero-order valence-electron chi connectivity index (χ0n) is 15.8. The van der Waals surface area contributed by atoms with Crippen molar-refractivity contribution in [3.05, 3.63) is 23.8 Å². The van der Waals surface area contributed by atoms with E-state index in [4.69, 9.17) is 14.2 Å². The molecule has 0 saturated carbocycles. The molecule has 0 atom stereocenters. The summed E-state index contributed by atoms with van der Waals surface area (Å²) in [6, 6.07) is 5.07. The van der Waals surface area contributed by atoms with Gasteiger partial charge in [0.1, 0.15) is 0 Å². The molecular formula is C19H29NO5. The molecule has 0 bridgehead atoms. The first-order chi connectivity index (χ1) is 11.9. The van der Waals surface area contributed by atoms with Crippen molar-refractivity contribution in [3.63, 3.8) is 0 Å². The number of carbonyl (C=O) groups excluding carboxylic acids is 2. The van der Waals surface area contributed by atoms with E-state index in [1.807, 2.05) is 0 Å². The van der Waals surface area contributed by atoms with Crippen molar-refractivity contribution in [1.29, 1.82) is 0 Å². The summed E-state index contributed by atoms with van der Waals surface area (Å²) >= 11 is 0. The first kappa shape index (κ1) is 20.8. The predicted octanol–water partition coefficient (Wildman–Crippen LogP) is 3.15. The summed E-state index contributed by atoms with van der Waals surface area (Å²) in [6.45, 7) is 7.23. The molecule has 0 fully saturated rings. The molecule has 6 nitrogen and oxygen atoms in total. The SMILES string of the molecule is CCOC(=O)CCN(CCC(C)C)C(=O)c1ccc(OC)c(OC)c1. The number of carbonyl (C=O) groups is 2. The Labute approximate surface area is 150 Å². The average molecular weight is 351 g/mol. The van der Waals surface area contributed by atoms with Crippen LogP contribution in [0.1, 0.15) is 44.0 Å². The van der Waals surface area contributed by atoms with E-state index in [9.17, 15) is 9.59 Å². The third-order valence-electron chi connectivity index (χ3n) is 3.79. The molecule has 25 heavy (non-hydrogen) atoms. The van der Waals surface area contributed by atoms with Crippen molar-refractivity contribution < 1.29 is 23.8 Å². The first-order valence-corrected chi connectivity index (χ1v) is 8.59. The van der Waals surface area contributed by atoms with Crippen LogP contribution >= 0.6 is 0 Å². The topological polar surface area (TPSA) is 65.1 Å². The molecule has 0 aliphatic carbocycles. The van der Waals surface area contributed by atoms with Gasteiger partial charge in [-0.1, -0.05) is 13.8 Å². The van der Waals surface area contributed by atoms with Gasteiger partial charge in [-0.15, -0.1) is 0 Å². The van der Waals surface area contributed by atoms with Crippen LogP contribution in [0, 0.1) is 5.92 Å². The minimum absolute atomic E-state index is 0.133. The maximum Gasteiger partial charge on any atom is 0.307 e. The second-order valence-electron chi connectivity index (χ2n) is 6.10. The minimum Gasteiger partial charge on any atom is -0.493 e. The largest absolute Gasteiger partial charge is 0.493 e. The zero-order chi connectivity index (χ0) is 18.8. The number of ether oxygens (including phenoxy) is 3. The van der Waals surface area contributed by atoms with Crippen molar-refractivity contribution >= 4 is 11.9 Å². The third-order valence-corrected chi connectivity index (χ3v) is 3.79. The van der Waals surface area contributed by atoms with Crippen molar-refractivity contribution in [2.24, 2.45) is 5.92 Å². The molecule has 0 unspecified atom stereocenters. The fourth-order valence-electron chi connectivity index (χ4n) is 2.34. The summed E-state index contributed by atoms with van der Waals surface area (Å²) in [5, 5.41) is 0. The van der Waals surface area contributed by atoms with Gasteiger partial charge in [0.15, 0.2) is 11.5 Å². The Kier molecular flexibility index (Phi) is 8.81. The number of methoxy groups -OCH3 is 2. The van der Waals surface area contributed by atoms with Gasteiger partial charge in [-0.3, -0.25) is 9.59 Å². The van der Waals surface area contributed by atoms with Crippen molar-refractivity contribution in [2.75, 3.05) is 33.9 Å². The maximum atomic E-state index is 12.9. The maximum absolute atomic E-state index is 12.9. The second kappa shape index (κ2) is 10.6. The number of esters is 1. The molecular weight excluding hydrogens is 322 g/mol. The number of benzene rings is 1. The van der Waals surface area contributed by atoms with Crippen LogP contribution in [-0.4, -0.2) is 50.7 Å². The Hall–Kier alpha value is -2.24. The predicted molar refractivity (Wildman–Crippen MR) is 96.2 cm³/mol. The summed E-state index contributed by atoms with van der Waals surface area (Å²) in [4.78, 5) is 26.2. The Balaban J connectivity index is 2.91. The van der Waals surface area contributed by atoms with E-state index in [1.165, 1.54) is 7.11 Å². The fourth-order valence-corrected chi connectivity index (χ4v) is 2.34. The summed E-state index contributed by atoms with van der Waals surface area (Å²) in [5.41, 5.74) is 0.505. The van der Waals surface area contributed by atoms with Gasteiger partial charge in [-0.25, -0.2) is 0 Å². The molecule has 0 aromatic heterocycles. The normalized spacial score (nSPS) is 10.5. The van der Waals surface area contributed by atoms with Gasteiger partial charge in [0.2, 0.25) is 0 Å². The first-order valence-electron chi connectivity index (χ1n) is 8.59. The molecule has 0 N–H and O–H groups in total. The van der Waals surface area contributed by atoms with Crippen LogP contribution in [0.4, 0.5) is 0 Å². The van der Waals surface area contributed by atoms with Gasteiger partial charge in [0, 0.05) is 18.7 Å². The smallest absolute Gasteiger partial charge is 0.307 e. The van der Waals surface area contributed by atoms with E-state index in [0.29, 0.717) is 42.7 Å². The van der Waals surface area contributed by atoms with Crippen molar-refractivity contribution in [1.82, 2.24) is 4.90 Å². The van der Waals surface area contributed by atoms with E-state index in [0.717, 1.165) is 6.42 Å². The van der Waals surface area contributed by atoms with E-state index in [-0.39, 0.29) is 18.3 Å². The summed E-state index contributed by atoms with van der Waals surface area (Å²) in [7, 11) is 3.08. The van der Waals surface area contributed by atoms with E-state index >= 15 is 0 Å². The van der Waals surface area contributed by atoms with Crippen LogP contribution in [0.15, 0.2) is 18.2 Å². The summed E-state index contributed by atoms with van der Waals surface area (Å²) < 4.78 is 15.4. The molecule has 140 valence electrons. The van der Waals surface area contributed by atoms with Gasteiger partial charge in [-0.05, 0) is 37.5 Å². The van der Waals surface area contributed by atoms with E-state index in [1.54, 1.807) is 37.1 Å². The molecule has 1 rings (SSSR count). The minimum atomic E-state index is -0.294.